The van der Waals surface area contributed by atoms with Crippen molar-refractivity contribution >= 4 is 40.2 Å². The molecule has 3 aromatic rings. The number of aromatic nitrogens is 3. The predicted molar refractivity (Wildman–Crippen MR) is 115 cm³/mol. The van der Waals surface area contributed by atoms with E-state index in [0.29, 0.717) is 47.3 Å². The normalized spacial score (nSPS) is 18.6. The molecule has 2 atom stereocenters. The van der Waals surface area contributed by atoms with Crippen molar-refractivity contribution in [2.45, 2.75) is 12.1 Å². The van der Waals surface area contributed by atoms with E-state index in [1.165, 1.54) is 14.2 Å². The van der Waals surface area contributed by atoms with Crippen molar-refractivity contribution in [3.8, 4) is 22.6 Å². The molecule has 2 aromatic heterocycles. The van der Waals surface area contributed by atoms with Gasteiger partial charge in [0.1, 0.15) is 17.1 Å². The van der Waals surface area contributed by atoms with Crippen LogP contribution in [-0.2, 0) is 4.74 Å². The molecule has 9 nitrogen and oxygen atoms in total. The second-order valence-corrected chi connectivity index (χ2v) is 7.50. The third-order valence-electron chi connectivity index (χ3n) is 4.88. The van der Waals surface area contributed by atoms with Gasteiger partial charge in [-0.15, -0.1) is 0 Å². The highest BCUT2D eigenvalue weighted by Gasteiger charge is 2.26. The van der Waals surface area contributed by atoms with Gasteiger partial charge in [-0.1, -0.05) is 23.2 Å². The lowest BCUT2D eigenvalue weighted by atomic mass is 10.0. The Hall–Kier alpha value is -2.59. The molecule has 1 aliphatic rings. The van der Waals surface area contributed by atoms with Gasteiger partial charge in [0.25, 0.3) is 5.56 Å². The number of benzene rings is 1. The molecule has 0 aliphatic carbocycles. The fourth-order valence-electron chi connectivity index (χ4n) is 3.26. The van der Waals surface area contributed by atoms with Crippen molar-refractivity contribution in [3.05, 3.63) is 38.7 Å². The number of H-pyrrole nitrogens is 1. The van der Waals surface area contributed by atoms with E-state index in [1.54, 1.807) is 18.3 Å². The Balaban J connectivity index is 1.79. The molecule has 4 rings (SSSR count). The van der Waals surface area contributed by atoms with E-state index in [2.05, 4.69) is 20.3 Å². The van der Waals surface area contributed by atoms with Gasteiger partial charge >= 0.3 is 0 Å². The maximum absolute atomic E-state index is 12.9. The fourth-order valence-corrected chi connectivity index (χ4v) is 3.96. The number of anilines is 1. The van der Waals surface area contributed by atoms with E-state index in [0.717, 1.165) is 0 Å². The zero-order valence-electron chi connectivity index (χ0n) is 16.2. The molecule has 4 N–H and O–H groups in total. The van der Waals surface area contributed by atoms with Gasteiger partial charge in [-0.3, -0.25) is 4.79 Å². The minimum absolute atomic E-state index is 0.102. The van der Waals surface area contributed by atoms with Crippen LogP contribution in [0, 0.1) is 0 Å². The largest absolute Gasteiger partial charge is 0.495 e. The number of hydrogen-bond acceptors (Lipinski definition) is 8. The van der Waals surface area contributed by atoms with Crippen molar-refractivity contribution in [2.24, 2.45) is 5.73 Å². The van der Waals surface area contributed by atoms with E-state index >= 15 is 0 Å². The highest BCUT2D eigenvalue weighted by molar-refractivity contribution is 6.41. The van der Waals surface area contributed by atoms with Crippen LogP contribution in [0.15, 0.2) is 23.1 Å². The summed E-state index contributed by atoms with van der Waals surface area (Å²) < 4.78 is 15.9. The molecule has 0 spiro atoms. The van der Waals surface area contributed by atoms with Gasteiger partial charge in [0, 0.05) is 23.2 Å². The van der Waals surface area contributed by atoms with E-state index in [9.17, 15) is 4.79 Å². The maximum Gasteiger partial charge on any atom is 0.257 e. The average molecular weight is 452 g/mol. The minimum atomic E-state index is -0.424. The van der Waals surface area contributed by atoms with Crippen LogP contribution in [0.3, 0.4) is 0 Å². The molecule has 1 saturated heterocycles. The molecule has 30 heavy (non-hydrogen) atoms. The number of ether oxygens (including phenoxy) is 3. The van der Waals surface area contributed by atoms with Gasteiger partial charge in [-0.2, -0.15) is 4.98 Å². The standard InChI is InChI=1S/C19H19Cl2N5O4/c1-28-12-4-13(29-2)16(21)14(15(12)20)9-3-8-5-23-19(26-17(8)25-18(9)27)24-11-7-30-6-10(11)22/h3-5,10-11H,6-7,22H2,1-2H3,(H2,23,24,25,26,27)/t10?,11-/m1/s1. The lowest BCUT2D eigenvalue weighted by Gasteiger charge is -2.16. The number of nitrogens with one attached hydrogen (secondary N) is 2. The van der Waals surface area contributed by atoms with Crippen molar-refractivity contribution < 1.29 is 14.2 Å². The predicted octanol–water partition coefficient (Wildman–Crippen LogP) is 2.45. The molecular formula is C19H19Cl2N5O4. The van der Waals surface area contributed by atoms with E-state index in [4.69, 9.17) is 43.1 Å². The number of nitrogens with two attached hydrogens (primary N) is 1. The Kier molecular flexibility index (Phi) is 5.70. The van der Waals surface area contributed by atoms with Crippen LogP contribution < -0.4 is 26.1 Å². The molecule has 1 aromatic carbocycles. The topological polar surface area (TPSA) is 124 Å². The molecule has 0 bridgehead atoms. The Bertz CT molecular complexity index is 1140. The Labute approximate surface area is 181 Å². The third-order valence-corrected chi connectivity index (χ3v) is 5.63. The van der Waals surface area contributed by atoms with Crippen LogP contribution in [0.2, 0.25) is 10.0 Å². The SMILES string of the molecule is COc1cc(OC)c(Cl)c(-c2cc3cnc(N[C@@H]4COCC4N)nc3[nH]c2=O)c1Cl. The van der Waals surface area contributed by atoms with E-state index in [-0.39, 0.29) is 27.7 Å². The summed E-state index contributed by atoms with van der Waals surface area (Å²) in [5, 5.41) is 4.11. The number of rotatable bonds is 5. The molecule has 1 unspecified atom stereocenters. The minimum Gasteiger partial charge on any atom is -0.495 e. The zero-order chi connectivity index (χ0) is 21.4. The second kappa shape index (κ2) is 8.27. The third kappa shape index (κ3) is 3.65. The van der Waals surface area contributed by atoms with E-state index in [1.807, 2.05) is 0 Å². The molecule has 158 valence electrons. The summed E-state index contributed by atoms with van der Waals surface area (Å²) in [6.45, 7) is 0.934. The summed E-state index contributed by atoms with van der Waals surface area (Å²) in [4.78, 5) is 24.3. The molecular weight excluding hydrogens is 433 g/mol. The zero-order valence-corrected chi connectivity index (χ0v) is 17.7. The van der Waals surface area contributed by atoms with Crippen molar-refractivity contribution in [1.29, 1.82) is 0 Å². The first-order valence-electron chi connectivity index (χ1n) is 9.03. The molecule has 1 aliphatic heterocycles. The molecule has 11 heteroatoms. The Morgan fingerprint density at radius 2 is 1.90 bits per heavy atom. The van der Waals surface area contributed by atoms with Crippen molar-refractivity contribution in [2.75, 3.05) is 32.8 Å². The molecule has 0 radical (unpaired) electrons. The van der Waals surface area contributed by atoms with Gasteiger partial charge in [0.2, 0.25) is 5.95 Å². The Morgan fingerprint density at radius 1 is 1.20 bits per heavy atom. The molecule has 3 heterocycles. The first-order chi connectivity index (χ1) is 14.4. The summed E-state index contributed by atoms with van der Waals surface area (Å²) in [5.74, 6) is 1.01. The van der Waals surface area contributed by atoms with Gasteiger partial charge in [0.15, 0.2) is 0 Å². The number of nitrogens with zero attached hydrogens (tertiary/aromatic N) is 2. The lowest BCUT2D eigenvalue weighted by molar-refractivity contribution is 0.192. The quantitative estimate of drug-likeness (QED) is 0.539. The molecule has 1 fully saturated rings. The number of methoxy groups -OCH3 is 2. The first-order valence-corrected chi connectivity index (χ1v) is 9.78. The smallest absolute Gasteiger partial charge is 0.257 e. The van der Waals surface area contributed by atoms with Gasteiger partial charge in [-0.05, 0) is 6.07 Å². The average Bonchev–Trinajstić information content (AvgIpc) is 3.13. The van der Waals surface area contributed by atoms with Crippen LogP contribution in [0.25, 0.3) is 22.2 Å². The van der Waals surface area contributed by atoms with Crippen LogP contribution in [0.4, 0.5) is 5.95 Å². The first kappa shape index (κ1) is 20.7. The van der Waals surface area contributed by atoms with Crippen LogP contribution >= 0.6 is 23.2 Å². The van der Waals surface area contributed by atoms with Crippen molar-refractivity contribution in [1.82, 2.24) is 15.0 Å². The highest BCUT2D eigenvalue weighted by atomic mass is 35.5. The number of hydrogen-bond donors (Lipinski definition) is 3. The van der Waals surface area contributed by atoms with Crippen LogP contribution in [0.5, 0.6) is 11.5 Å². The van der Waals surface area contributed by atoms with Crippen LogP contribution in [-0.4, -0.2) is 54.5 Å². The summed E-state index contributed by atoms with van der Waals surface area (Å²) in [5.41, 5.74) is 6.45. The Morgan fingerprint density at radius 3 is 2.50 bits per heavy atom. The van der Waals surface area contributed by atoms with E-state index < -0.39 is 5.56 Å². The summed E-state index contributed by atoms with van der Waals surface area (Å²) in [6.07, 6.45) is 1.59. The fraction of sp³-hybridized carbons (Fsp3) is 0.316. The summed E-state index contributed by atoms with van der Waals surface area (Å²) in [6, 6.07) is 2.92. The highest BCUT2D eigenvalue weighted by Crippen LogP contribution is 2.45. The summed E-state index contributed by atoms with van der Waals surface area (Å²) in [7, 11) is 2.93. The molecule has 0 amide bonds. The summed E-state index contributed by atoms with van der Waals surface area (Å²) >= 11 is 12.9. The van der Waals surface area contributed by atoms with Gasteiger partial charge < -0.3 is 30.2 Å². The number of fused-ring (bicyclic) bond motifs is 1. The van der Waals surface area contributed by atoms with Crippen LogP contribution in [0.1, 0.15) is 0 Å². The lowest BCUT2D eigenvalue weighted by Crippen LogP contribution is -2.39. The molecule has 0 saturated carbocycles. The van der Waals surface area contributed by atoms with Gasteiger partial charge in [-0.25, -0.2) is 4.98 Å². The van der Waals surface area contributed by atoms with Gasteiger partial charge in [0.05, 0.1) is 55.1 Å². The number of pyridine rings is 1. The maximum atomic E-state index is 12.9. The number of halogens is 2. The second-order valence-electron chi connectivity index (χ2n) is 6.75. The monoisotopic (exact) mass is 451 g/mol. The number of aromatic amines is 1. The van der Waals surface area contributed by atoms with Crippen molar-refractivity contribution in [3.63, 3.8) is 0 Å².